The molecule has 0 aliphatic rings. The summed E-state index contributed by atoms with van der Waals surface area (Å²) in [6.07, 6.45) is -4.42. The summed E-state index contributed by atoms with van der Waals surface area (Å²) in [5.74, 6) is -0.562. The number of halogens is 4. The summed E-state index contributed by atoms with van der Waals surface area (Å²) in [7, 11) is 0. The van der Waals surface area contributed by atoms with Crippen LogP contribution in [-0.2, 0) is 6.54 Å². The molecule has 7 heteroatoms. The largest absolute Gasteiger partial charge is 0.405 e. The van der Waals surface area contributed by atoms with Gasteiger partial charge in [-0.3, -0.25) is 0 Å². The zero-order chi connectivity index (χ0) is 15.2. The minimum Gasteiger partial charge on any atom is -0.395 e. The molecule has 0 bridgehead atoms. The van der Waals surface area contributed by atoms with E-state index >= 15 is 0 Å². The number of aliphatic hydroxyl groups is 1. The van der Waals surface area contributed by atoms with Gasteiger partial charge in [-0.1, -0.05) is 13.0 Å². The zero-order valence-corrected chi connectivity index (χ0v) is 11.2. The van der Waals surface area contributed by atoms with Gasteiger partial charge < -0.3 is 15.3 Å². The Bertz CT molecular complexity index is 423. The number of hydrogen-bond acceptors (Lipinski definition) is 3. The number of nitrogens with one attached hydrogen (secondary N) is 1. The molecule has 0 saturated heterocycles. The molecule has 1 aromatic rings. The van der Waals surface area contributed by atoms with E-state index in [4.69, 9.17) is 5.11 Å². The molecule has 0 aliphatic heterocycles. The van der Waals surface area contributed by atoms with Crippen LogP contribution in [0.4, 0.5) is 23.2 Å². The second-order valence-electron chi connectivity index (χ2n) is 4.28. The van der Waals surface area contributed by atoms with E-state index in [0.717, 1.165) is 4.90 Å². The Morgan fingerprint density at radius 1 is 1.30 bits per heavy atom. The van der Waals surface area contributed by atoms with Crippen LogP contribution in [0.3, 0.4) is 0 Å². The van der Waals surface area contributed by atoms with Crippen LogP contribution < -0.4 is 10.2 Å². The normalized spacial score (nSPS) is 11.7. The van der Waals surface area contributed by atoms with Crippen LogP contribution in [0.25, 0.3) is 0 Å². The van der Waals surface area contributed by atoms with Crippen molar-refractivity contribution in [3.8, 4) is 0 Å². The molecule has 114 valence electrons. The molecule has 0 aromatic heterocycles. The molecule has 0 radical (unpaired) electrons. The smallest absolute Gasteiger partial charge is 0.395 e. The van der Waals surface area contributed by atoms with Crippen molar-refractivity contribution in [3.63, 3.8) is 0 Å². The Morgan fingerprint density at radius 2 is 2.00 bits per heavy atom. The van der Waals surface area contributed by atoms with E-state index in [1.165, 1.54) is 18.2 Å². The average molecular weight is 294 g/mol. The lowest BCUT2D eigenvalue weighted by Gasteiger charge is -2.27. The molecular formula is C13H18F4N2O. The van der Waals surface area contributed by atoms with Gasteiger partial charge in [0.05, 0.1) is 6.61 Å². The van der Waals surface area contributed by atoms with E-state index in [1.54, 1.807) is 0 Å². The van der Waals surface area contributed by atoms with Crippen LogP contribution in [0.5, 0.6) is 0 Å². The number of benzene rings is 1. The van der Waals surface area contributed by atoms with Crippen molar-refractivity contribution in [3.05, 3.63) is 29.6 Å². The predicted molar refractivity (Wildman–Crippen MR) is 69.1 cm³/mol. The van der Waals surface area contributed by atoms with Gasteiger partial charge in [-0.2, -0.15) is 13.2 Å². The first-order valence-corrected chi connectivity index (χ1v) is 6.29. The Labute approximate surface area is 115 Å². The van der Waals surface area contributed by atoms with Gasteiger partial charge >= 0.3 is 6.18 Å². The van der Waals surface area contributed by atoms with Gasteiger partial charge in [-0.25, -0.2) is 4.39 Å². The van der Waals surface area contributed by atoms with Crippen molar-refractivity contribution < 1.29 is 22.7 Å². The summed E-state index contributed by atoms with van der Waals surface area (Å²) >= 11 is 0. The average Bonchev–Trinajstić information content (AvgIpc) is 2.35. The second-order valence-corrected chi connectivity index (χ2v) is 4.28. The summed E-state index contributed by atoms with van der Waals surface area (Å²) in [6.45, 7) is 0.665. The van der Waals surface area contributed by atoms with E-state index in [9.17, 15) is 17.6 Å². The second kappa shape index (κ2) is 7.44. The van der Waals surface area contributed by atoms with Crippen molar-refractivity contribution in [1.29, 1.82) is 0 Å². The fourth-order valence-electron chi connectivity index (χ4n) is 1.89. The molecule has 0 unspecified atom stereocenters. The van der Waals surface area contributed by atoms with Gasteiger partial charge in [-0.05, 0) is 18.7 Å². The van der Waals surface area contributed by atoms with E-state index < -0.39 is 25.1 Å². The van der Waals surface area contributed by atoms with Gasteiger partial charge in [0.2, 0.25) is 0 Å². The van der Waals surface area contributed by atoms with Crippen molar-refractivity contribution in [1.82, 2.24) is 5.32 Å². The molecule has 0 heterocycles. The lowest BCUT2D eigenvalue weighted by atomic mass is 10.1. The summed E-state index contributed by atoms with van der Waals surface area (Å²) < 4.78 is 51.5. The lowest BCUT2D eigenvalue weighted by Crippen LogP contribution is -2.37. The monoisotopic (exact) mass is 294 g/mol. The zero-order valence-electron chi connectivity index (χ0n) is 11.2. The molecule has 3 nitrogen and oxygen atoms in total. The standard InChI is InChI=1S/C13H18F4N2O/c1-2-18-8-10-11(14)4-3-5-12(10)19(6-7-20)9-13(15,16)17/h3-5,18,20H,2,6-9H2,1H3. The van der Waals surface area contributed by atoms with Crippen molar-refractivity contribution >= 4 is 5.69 Å². The molecule has 0 amide bonds. The highest BCUT2D eigenvalue weighted by molar-refractivity contribution is 5.54. The van der Waals surface area contributed by atoms with Gasteiger partial charge in [0.1, 0.15) is 12.4 Å². The molecular weight excluding hydrogens is 276 g/mol. The van der Waals surface area contributed by atoms with Crippen LogP contribution in [-0.4, -0.2) is 37.5 Å². The lowest BCUT2D eigenvalue weighted by molar-refractivity contribution is -0.119. The number of rotatable bonds is 7. The third kappa shape index (κ3) is 4.97. The van der Waals surface area contributed by atoms with E-state index in [1.807, 2.05) is 6.92 Å². The number of hydrogen-bond donors (Lipinski definition) is 2. The molecule has 0 fully saturated rings. The van der Waals surface area contributed by atoms with Crippen LogP contribution >= 0.6 is 0 Å². The molecule has 1 rings (SSSR count). The van der Waals surface area contributed by atoms with Crippen molar-refractivity contribution in [2.45, 2.75) is 19.6 Å². The number of alkyl halides is 3. The maximum atomic E-state index is 13.8. The van der Waals surface area contributed by atoms with Crippen LogP contribution in [0, 0.1) is 5.82 Å². The Kier molecular flexibility index (Phi) is 6.22. The van der Waals surface area contributed by atoms with Crippen molar-refractivity contribution in [2.75, 3.05) is 31.1 Å². The van der Waals surface area contributed by atoms with Gasteiger partial charge in [0.25, 0.3) is 0 Å². The maximum absolute atomic E-state index is 13.8. The van der Waals surface area contributed by atoms with Gasteiger partial charge in [0.15, 0.2) is 0 Å². The first kappa shape index (κ1) is 16.7. The van der Waals surface area contributed by atoms with Crippen LogP contribution in [0.2, 0.25) is 0 Å². The number of anilines is 1. The highest BCUT2D eigenvalue weighted by Gasteiger charge is 2.31. The van der Waals surface area contributed by atoms with Gasteiger partial charge in [0, 0.05) is 24.3 Å². The van der Waals surface area contributed by atoms with E-state index in [2.05, 4.69) is 5.32 Å². The fraction of sp³-hybridized carbons (Fsp3) is 0.538. The molecule has 0 saturated carbocycles. The maximum Gasteiger partial charge on any atom is 0.405 e. The quantitative estimate of drug-likeness (QED) is 0.758. The molecule has 2 N–H and O–H groups in total. The van der Waals surface area contributed by atoms with E-state index in [0.29, 0.717) is 6.54 Å². The number of nitrogens with zero attached hydrogens (tertiary/aromatic N) is 1. The number of aliphatic hydroxyl groups excluding tert-OH is 1. The summed E-state index contributed by atoms with van der Waals surface area (Å²) in [5.41, 5.74) is 0.323. The highest BCUT2D eigenvalue weighted by Crippen LogP contribution is 2.27. The third-order valence-electron chi connectivity index (χ3n) is 2.73. The molecule has 20 heavy (non-hydrogen) atoms. The topological polar surface area (TPSA) is 35.5 Å². The highest BCUT2D eigenvalue weighted by atomic mass is 19.4. The molecule has 0 aliphatic carbocycles. The fourth-order valence-corrected chi connectivity index (χ4v) is 1.89. The first-order valence-electron chi connectivity index (χ1n) is 6.29. The molecule has 0 atom stereocenters. The molecule has 0 spiro atoms. The Hall–Kier alpha value is -1.34. The van der Waals surface area contributed by atoms with E-state index in [-0.39, 0.29) is 24.3 Å². The minimum atomic E-state index is -4.42. The van der Waals surface area contributed by atoms with Gasteiger partial charge in [-0.15, -0.1) is 0 Å². The van der Waals surface area contributed by atoms with Crippen LogP contribution in [0.15, 0.2) is 18.2 Å². The van der Waals surface area contributed by atoms with Crippen molar-refractivity contribution in [2.24, 2.45) is 0 Å². The third-order valence-corrected chi connectivity index (χ3v) is 2.73. The summed E-state index contributed by atoms with van der Waals surface area (Å²) in [6, 6.07) is 4.00. The minimum absolute atomic E-state index is 0.137. The summed E-state index contributed by atoms with van der Waals surface area (Å²) in [5, 5.41) is 11.8. The summed E-state index contributed by atoms with van der Waals surface area (Å²) in [4.78, 5) is 0.940. The first-order chi connectivity index (χ1) is 9.39. The molecule has 1 aromatic carbocycles. The predicted octanol–water partition coefficient (Wildman–Crippen LogP) is 2.30. The SMILES string of the molecule is CCNCc1c(F)cccc1N(CCO)CC(F)(F)F. The van der Waals surface area contributed by atoms with Crippen LogP contribution in [0.1, 0.15) is 12.5 Å². The Balaban J connectivity index is 3.08. The Morgan fingerprint density at radius 3 is 2.55 bits per heavy atom.